The van der Waals surface area contributed by atoms with Gasteiger partial charge in [0.25, 0.3) is 5.91 Å². The van der Waals surface area contributed by atoms with Crippen LogP contribution in [0.1, 0.15) is 15.9 Å². The van der Waals surface area contributed by atoms with Crippen LogP contribution in [0.3, 0.4) is 0 Å². The largest absolute Gasteiger partial charge is 0.497 e. The van der Waals surface area contributed by atoms with Crippen molar-refractivity contribution in [1.82, 2.24) is 10.3 Å². The van der Waals surface area contributed by atoms with Crippen molar-refractivity contribution in [2.24, 2.45) is 0 Å². The Morgan fingerprint density at radius 3 is 2.38 bits per heavy atom. The molecule has 110 valence electrons. The summed E-state index contributed by atoms with van der Waals surface area (Å²) in [5.74, 6) is 0.582. The number of benzene rings is 1. The molecule has 0 radical (unpaired) electrons. The van der Waals surface area contributed by atoms with Crippen molar-refractivity contribution in [3.05, 3.63) is 57.8 Å². The molecule has 6 heteroatoms. The number of amides is 1. The van der Waals surface area contributed by atoms with Gasteiger partial charge >= 0.3 is 0 Å². The van der Waals surface area contributed by atoms with Crippen LogP contribution in [0.25, 0.3) is 0 Å². The Labute approximate surface area is 133 Å². The number of nitrogens with one attached hydrogen (secondary N) is 1. The van der Waals surface area contributed by atoms with Crippen LogP contribution in [0.15, 0.2) is 36.4 Å². The molecular weight excluding hydrogens is 311 g/mol. The Morgan fingerprint density at radius 2 is 1.81 bits per heavy atom. The summed E-state index contributed by atoms with van der Waals surface area (Å²) in [6.07, 6.45) is 0.724. The lowest BCUT2D eigenvalue weighted by Gasteiger charge is -2.07. The maximum atomic E-state index is 12.0. The van der Waals surface area contributed by atoms with Gasteiger partial charge < -0.3 is 10.1 Å². The van der Waals surface area contributed by atoms with E-state index in [0.717, 1.165) is 17.7 Å². The minimum Gasteiger partial charge on any atom is -0.497 e. The van der Waals surface area contributed by atoms with Gasteiger partial charge in [-0.2, -0.15) is 0 Å². The van der Waals surface area contributed by atoms with E-state index in [1.54, 1.807) is 7.11 Å². The molecule has 1 aromatic heterocycles. The maximum Gasteiger partial charge on any atom is 0.251 e. The molecular formula is C15H14Cl2N2O2. The van der Waals surface area contributed by atoms with E-state index in [9.17, 15) is 4.79 Å². The highest BCUT2D eigenvalue weighted by molar-refractivity contribution is 6.33. The number of rotatable bonds is 5. The van der Waals surface area contributed by atoms with Crippen LogP contribution in [0.2, 0.25) is 10.3 Å². The molecule has 0 saturated carbocycles. The fourth-order valence-electron chi connectivity index (χ4n) is 1.81. The summed E-state index contributed by atoms with van der Waals surface area (Å²) < 4.78 is 5.09. The molecule has 0 saturated heterocycles. The lowest BCUT2D eigenvalue weighted by Crippen LogP contribution is -2.25. The molecule has 21 heavy (non-hydrogen) atoms. The van der Waals surface area contributed by atoms with Gasteiger partial charge in [-0.25, -0.2) is 4.98 Å². The molecule has 1 amide bonds. The van der Waals surface area contributed by atoms with Gasteiger partial charge in [0.2, 0.25) is 0 Å². The minimum absolute atomic E-state index is 0.197. The number of methoxy groups -OCH3 is 1. The summed E-state index contributed by atoms with van der Waals surface area (Å²) in [6.45, 7) is 0.517. The van der Waals surface area contributed by atoms with Crippen LogP contribution in [0.5, 0.6) is 5.75 Å². The standard InChI is InChI=1S/C15H14Cl2N2O2/c1-21-12-4-2-10(3-5-12)6-7-18-15(20)11-8-13(16)19-14(17)9-11/h2-5,8-9H,6-7H2,1H3,(H,18,20). The highest BCUT2D eigenvalue weighted by atomic mass is 35.5. The molecule has 2 aromatic rings. The summed E-state index contributed by atoms with van der Waals surface area (Å²) in [5, 5.41) is 3.21. The van der Waals surface area contributed by atoms with Crippen LogP contribution >= 0.6 is 23.2 Å². The van der Waals surface area contributed by atoms with E-state index in [2.05, 4.69) is 10.3 Å². The number of carbonyl (C=O) groups is 1. The molecule has 0 spiro atoms. The third-order valence-electron chi connectivity index (χ3n) is 2.88. The summed E-state index contributed by atoms with van der Waals surface area (Å²) in [4.78, 5) is 15.8. The highest BCUT2D eigenvalue weighted by Crippen LogP contribution is 2.15. The average Bonchev–Trinajstić information content (AvgIpc) is 2.47. The Bertz CT molecular complexity index is 610. The predicted octanol–water partition coefficient (Wildman–Crippen LogP) is 3.37. The zero-order chi connectivity index (χ0) is 15.2. The summed E-state index contributed by atoms with van der Waals surface area (Å²) in [5.41, 5.74) is 1.51. The zero-order valence-corrected chi connectivity index (χ0v) is 12.9. The average molecular weight is 325 g/mol. The fraction of sp³-hybridized carbons (Fsp3) is 0.200. The third kappa shape index (κ3) is 4.62. The highest BCUT2D eigenvalue weighted by Gasteiger charge is 2.08. The molecule has 1 aromatic carbocycles. The van der Waals surface area contributed by atoms with Gasteiger partial charge in [-0.3, -0.25) is 4.79 Å². The molecule has 2 rings (SSSR count). The summed E-state index contributed by atoms with van der Waals surface area (Å²) in [6, 6.07) is 10.7. The van der Waals surface area contributed by atoms with E-state index < -0.39 is 0 Å². The number of nitrogens with zero attached hydrogens (tertiary/aromatic N) is 1. The zero-order valence-electron chi connectivity index (χ0n) is 11.4. The first-order valence-corrected chi connectivity index (χ1v) is 7.08. The molecule has 0 aliphatic carbocycles. The lowest BCUT2D eigenvalue weighted by molar-refractivity contribution is 0.0954. The Hall–Kier alpha value is -1.78. The number of carbonyl (C=O) groups excluding carboxylic acids is 1. The van der Waals surface area contributed by atoms with Crippen LogP contribution in [-0.4, -0.2) is 24.5 Å². The normalized spacial score (nSPS) is 10.2. The number of ether oxygens (including phenoxy) is 1. The van der Waals surface area contributed by atoms with Gasteiger partial charge in [-0.05, 0) is 36.2 Å². The monoisotopic (exact) mass is 324 g/mol. The van der Waals surface area contributed by atoms with Crippen molar-refractivity contribution in [1.29, 1.82) is 0 Å². The Kier molecular flexibility index (Phi) is 5.42. The van der Waals surface area contributed by atoms with Crippen molar-refractivity contribution in [3.63, 3.8) is 0 Å². The molecule has 0 fully saturated rings. The molecule has 0 atom stereocenters. The van der Waals surface area contributed by atoms with Crippen LogP contribution in [0.4, 0.5) is 0 Å². The number of halogens is 2. The molecule has 1 N–H and O–H groups in total. The van der Waals surface area contributed by atoms with Crippen molar-refractivity contribution in [2.45, 2.75) is 6.42 Å². The smallest absolute Gasteiger partial charge is 0.251 e. The second-order valence-corrected chi connectivity index (χ2v) is 5.13. The van der Waals surface area contributed by atoms with Crippen LogP contribution in [-0.2, 0) is 6.42 Å². The minimum atomic E-state index is -0.227. The third-order valence-corrected chi connectivity index (χ3v) is 3.27. The second-order valence-electron chi connectivity index (χ2n) is 4.36. The van der Waals surface area contributed by atoms with E-state index in [1.165, 1.54) is 12.1 Å². The van der Waals surface area contributed by atoms with Gasteiger partial charge in [0.05, 0.1) is 7.11 Å². The topological polar surface area (TPSA) is 51.2 Å². The second kappa shape index (κ2) is 7.29. The van der Waals surface area contributed by atoms with E-state index in [0.29, 0.717) is 12.1 Å². The van der Waals surface area contributed by atoms with Crippen molar-refractivity contribution >= 4 is 29.1 Å². The van der Waals surface area contributed by atoms with Gasteiger partial charge in [-0.1, -0.05) is 35.3 Å². The van der Waals surface area contributed by atoms with Gasteiger partial charge in [0.1, 0.15) is 16.1 Å². The first-order valence-electron chi connectivity index (χ1n) is 6.32. The quantitative estimate of drug-likeness (QED) is 0.858. The molecule has 0 aliphatic rings. The lowest BCUT2D eigenvalue weighted by atomic mass is 10.1. The van der Waals surface area contributed by atoms with Crippen molar-refractivity contribution < 1.29 is 9.53 Å². The number of pyridine rings is 1. The SMILES string of the molecule is COc1ccc(CCNC(=O)c2cc(Cl)nc(Cl)c2)cc1. The molecule has 0 unspecified atom stereocenters. The first kappa shape index (κ1) is 15.6. The summed E-state index contributed by atoms with van der Waals surface area (Å²) >= 11 is 11.5. The van der Waals surface area contributed by atoms with Gasteiger partial charge in [0.15, 0.2) is 0 Å². The van der Waals surface area contributed by atoms with Gasteiger partial charge in [0, 0.05) is 12.1 Å². The molecule has 0 aliphatic heterocycles. The van der Waals surface area contributed by atoms with Crippen LogP contribution in [0, 0.1) is 0 Å². The van der Waals surface area contributed by atoms with Gasteiger partial charge in [-0.15, -0.1) is 0 Å². The maximum absolute atomic E-state index is 12.0. The van der Waals surface area contributed by atoms with Crippen molar-refractivity contribution in [3.8, 4) is 5.75 Å². The van der Waals surface area contributed by atoms with Crippen LogP contribution < -0.4 is 10.1 Å². The Balaban J connectivity index is 1.88. The molecule has 1 heterocycles. The number of hydrogen-bond acceptors (Lipinski definition) is 3. The first-order chi connectivity index (χ1) is 10.1. The fourth-order valence-corrected chi connectivity index (χ4v) is 2.27. The molecule has 0 bridgehead atoms. The summed E-state index contributed by atoms with van der Waals surface area (Å²) in [7, 11) is 1.63. The van der Waals surface area contributed by atoms with E-state index in [-0.39, 0.29) is 16.2 Å². The van der Waals surface area contributed by atoms with E-state index in [1.807, 2.05) is 24.3 Å². The number of aromatic nitrogens is 1. The van der Waals surface area contributed by atoms with Crippen molar-refractivity contribution in [2.75, 3.05) is 13.7 Å². The van der Waals surface area contributed by atoms with E-state index >= 15 is 0 Å². The molecule has 4 nitrogen and oxygen atoms in total. The predicted molar refractivity (Wildman–Crippen MR) is 83.3 cm³/mol. The number of hydrogen-bond donors (Lipinski definition) is 1. The Morgan fingerprint density at radius 1 is 1.19 bits per heavy atom. The van der Waals surface area contributed by atoms with E-state index in [4.69, 9.17) is 27.9 Å².